The Bertz CT molecular complexity index is 2520. The molecule has 4 aromatic carbocycles. The number of likely N-dealkylation sites (tertiary alicyclic amines) is 2. The summed E-state index contributed by atoms with van der Waals surface area (Å²) in [5.74, 6) is -0.178. The second-order valence-electron chi connectivity index (χ2n) is 16.8. The van der Waals surface area contributed by atoms with Crippen LogP contribution in [0.4, 0.5) is 26.3 Å². The van der Waals surface area contributed by atoms with E-state index < -0.39 is 35.6 Å². The fourth-order valence-corrected chi connectivity index (χ4v) is 11.6. The molecular formula is C51H46Cl2F6N4OS2. The van der Waals surface area contributed by atoms with E-state index in [0.717, 1.165) is 67.9 Å². The third-order valence-corrected chi connectivity index (χ3v) is 15.6. The van der Waals surface area contributed by atoms with Gasteiger partial charge in [0.1, 0.15) is 0 Å². The van der Waals surface area contributed by atoms with E-state index >= 15 is 4.79 Å². The molecule has 0 spiro atoms. The zero-order chi connectivity index (χ0) is 46.8. The lowest BCUT2D eigenvalue weighted by atomic mass is 9.87. The molecule has 0 saturated carbocycles. The van der Waals surface area contributed by atoms with Crippen LogP contribution in [0.2, 0.25) is 10.0 Å². The maximum atomic E-state index is 15.5. The summed E-state index contributed by atoms with van der Waals surface area (Å²) in [5.41, 5.74) is 4.08. The van der Waals surface area contributed by atoms with E-state index in [9.17, 15) is 26.3 Å². The summed E-state index contributed by atoms with van der Waals surface area (Å²) in [6.45, 7) is 9.58. The van der Waals surface area contributed by atoms with Crippen LogP contribution in [0, 0.1) is 0 Å². The van der Waals surface area contributed by atoms with Gasteiger partial charge in [0, 0.05) is 43.8 Å². The normalized spacial score (nSPS) is 16.8. The Hall–Kier alpha value is -4.63. The van der Waals surface area contributed by atoms with Crippen LogP contribution < -0.4 is 0 Å². The smallest absolute Gasteiger partial charge is 0.296 e. The number of hydrogen-bond acceptors (Lipinski definition) is 7. The fourth-order valence-electron chi connectivity index (χ4n) is 9.20. The van der Waals surface area contributed by atoms with Gasteiger partial charge in [-0.25, -0.2) is 9.97 Å². The average molecular weight is 980 g/mol. The number of aromatic nitrogens is 2. The highest BCUT2D eigenvalue weighted by atomic mass is 35.5. The second kappa shape index (κ2) is 20.3. The first-order valence-corrected chi connectivity index (χ1v) is 24.2. The minimum absolute atomic E-state index is 0.0687. The van der Waals surface area contributed by atoms with Crippen LogP contribution in [0.3, 0.4) is 0 Å². The number of benzene rings is 4. The van der Waals surface area contributed by atoms with Gasteiger partial charge in [-0.15, -0.1) is 22.7 Å². The highest BCUT2D eigenvalue weighted by Gasteiger charge is 2.41. The zero-order valence-corrected chi connectivity index (χ0v) is 38.9. The average Bonchev–Trinajstić information content (AvgIpc) is 4.02. The summed E-state index contributed by atoms with van der Waals surface area (Å²) in [7, 11) is 0. The van der Waals surface area contributed by atoms with Crippen molar-refractivity contribution in [3.63, 3.8) is 0 Å². The maximum Gasteiger partial charge on any atom is 0.416 e. The number of hydrogen-bond donors (Lipinski definition) is 0. The minimum atomic E-state index is -4.66. The van der Waals surface area contributed by atoms with Crippen LogP contribution in [0.5, 0.6) is 0 Å². The molecule has 0 aliphatic carbocycles. The quantitative estimate of drug-likeness (QED) is 0.102. The van der Waals surface area contributed by atoms with E-state index in [1.54, 1.807) is 34.8 Å². The van der Waals surface area contributed by atoms with Crippen LogP contribution in [0.1, 0.15) is 80.9 Å². The van der Waals surface area contributed by atoms with Crippen LogP contribution >= 0.6 is 45.9 Å². The zero-order valence-electron chi connectivity index (χ0n) is 35.7. The van der Waals surface area contributed by atoms with Gasteiger partial charge in [0.25, 0.3) is 0 Å². The van der Waals surface area contributed by atoms with Crippen molar-refractivity contribution < 1.29 is 31.1 Å². The molecular weight excluding hydrogens is 934 g/mol. The molecule has 4 heterocycles. The van der Waals surface area contributed by atoms with Crippen LogP contribution in [-0.4, -0.2) is 63.8 Å². The monoisotopic (exact) mass is 978 g/mol. The van der Waals surface area contributed by atoms with E-state index in [-0.39, 0.29) is 51.6 Å². The van der Waals surface area contributed by atoms with Gasteiger partial charge in [0.2, 0.25) is 0 Å². The second-order valence-corrected chi connectivity index (χ2v) is 19.4. The summed E-state index contributed by atoms with van der Waals surface area (Å²) >= 11 is 16.4. The Morgan fingerprint density at radius 2 is 1.02 bits per heavy atom. The molecule has 2 atom stereocenters. The molecule has 15 heteroatoms. The van der Waals surface area contributed by atoms with Gasteiger partial charge < -0.3 is 0 Å². The molecule has 0 bridgehead atoms. The molecule has 0 amide bonds. The molecule has 8 rings (SSSR count). The number of rotatable bonds is 14. The van der Waals surface area contributed by atoms with Gasteiger partial charge >= 0.3 is 12.4 Å². The molecule has 0 radical (unpaired) electrons. The third-order valence-electron chi connectivity index (χ3n) is 12.8. The molecule has 0 N–H and O–H groups in total. The lowest BCUT2D eigenvalue weighted by Gasteiger charge is -2.42. The maximum absolute atomic E-state index is 15.5. The van der Waals surface area contributed by atoms with Gasteiger partial charge in [-0.05, 0) is 123 Å². The first-order valence-electron chi connectivity index (χ1n) is 21.7. The van der Waals surface area contributed by atoms with E-state index in [1.165, 1.54) is 12.1 Å². The van der Waals surface area contributed by atoms with Gasteiger partial charge in [0.15, 0.2) is 5.78 Å². The molecule has 344 valence electrons. The molecule has 66 heavy (non-hydrogen) atoms. The van der Waals surface area contributed by atoms with Crippen molar-refractivity contribution in [1.82, 2.24) is 19.8 Å². The van der Waals surface area contributed by atoms with Crippen molar-refractivity contribution in [1.29, 1.82) is 0 Å². The van der Waals surface area contributed by atoms with Crippen molar-refractivity contribution in [2.24, 2.45) is 0 Å². The number of ketones is 1. The van der Waals surface area contributed by atoms with Crippen molar-refractivity contribution in [2.45, 2.75) is 74.8 Å². The van der Waals surface area contributed by atoms with Crippen molar-refractivity contribution in [3.8, 4) is 22.5 Å². The van der Waals surface area contributed by atoms with E-state index in [0.29, 0.717) is 51.9 Å². The van der Waals surface area contributed by atoms with Crippen LogP contribution in [0.15, 0.2) is 109 Å². The van der Waals surface area contributed by atoms with E-state index in [1.807, 2.05) is 69.1 Å². The van der Waals surface area contributed by atoms with E-state index in [2.05, 4.69) is 13.2 Å². The number of halogens is 8. The summed E-state index contributed by atoms with van der Waals surface area (Å²) in [6.07, 6.45) is -3.51. The van der Waals surface area contributed by atoms with Crippen LogP contribution in [-0.2, 0) is 30.0 Å². The lowest BCUT2D eigenvalue weighted by Crippen LogP contribution is -2.55. The Labute approximate surface area is 398 Å². The lowest BCUT2D eigenvalue weighted by molar-refractivity contribution is -0.138. The van der Waals surface area contributed by atoms with Gasteiger partial charge in [0.05, 0.1) is 44.6 Å². The van der Waals surface area contributed by atoms with Gasteiger partial charge in [-0.2, -0.15) is 26.3 Å². The van der Waals surface area contributed by atoms with Crippen molar-refractivity contribution in [3.05, 3.63) is 162 Å². The first kappa shape index (κ1) is 47.8. The highest BCUT2D eigenvalue weighted by molar-refractivity contribution is 7.10. The third kappa shape index (κ3) is 10.7. The summed E-state index contributed by atoms with van der Waals surface area (Å²) < 4.78 is 84.7. The molecule has 5 nitrogen and oxygen atoms in total. The number of carbonyl (C=O) groups excluding carboxylic acids is 1. The highest BCUT2D eigenvalue weighted by Crippen LogP contribution is 2.40. The standard InChI is InChI=1S/C51H46Cl2F6N4OS2/c1-3-31-9-5-7-11-39(31)43-29-65-48(60-43)33-17-21-62(22-18-33)45(27-35-25-37(50(54,55)56)13-15-41(35)52)47(64)46(28-36-26-38(51(57,58)59)14-16-42(36)53)63-23-19-34(20-24-63)49-61-44(30-66-49)40-12-8-6-10-32(40)4-2/h3-16,25-26,29-30,33-34,45-46H,1-2,17-24,27-28H2. The number of carbonyl (C=O) groups is 1. The summed E-state index contributed by atoms with van der Waals surface area (Å²) in [6, 6.07) is 20.0. The molecule has 2 saturated heterocycles. The Morgan fingerprint density at radius 1 is 0.636 bits per heavy atom. The van der Waals surface area contributed by atoms with Crippen LogP contribution in [0.25, 0.3) is 34.7 Å². The van der Waals surface area contributed by atoms with Gasteiger partial charge in [-0.1, -0.05) is 97.0 Å². The molecule has 2 aliphatic heterocycles. The number of thiazole rings is 2. The van der Waals surface area contributed by atoms with Crippen molar-refractivity contribution >= 4 is 63.8 Å². The number of Topliss-reactive ketones (excluding diaryl/α,β-unsaturated/α-hetero) is 1. The van der Waals surface area contributed by atoms with E-state index in [4.69, 9.17) is 33.2 Å². The number of alkyl halides is 6. The fraction of sp³-hybridized carbons (Fsp3) is 0.314. The largest absolute Gasteiger partial charge is 0.416 e. The Kier molecular flexibility index (Phi) is 14.7. The summed E-state index contributed by atoms with van der Waals surface area (Å²) in [4.78, 5) is 29.5. The minimum Gasteiger partial charge on any atom is -0.296 e. The molecule has 2 aliphatic rings. The summed E-state index contributed by atoms with van der Waals surface area (Å²) in [5, 5.41) is 6.11. The molecule has 2 unspecified atom stereocenters. The van der Waals surface area contributed by atoms with Gasteiger partial charge in [-0.3, -0.25) is 14.6 Å². The molecule has 2 fully saturated rings. The molecule has 6 aromatic rings. The predicted octanol–water partition coefficient (Wildman–Crippen LogP) is 14.4. The molecule has 2 aromatic heterocycles. The Morgan fingerprint density at radius 3 is 1.38 bits per heavy atom. The number of piperidine rings is 2. The van der Waals surface area contributed by atoms with Crippen molar-refractivity contribution in [2.75, 3.05) is 26.2 Å². The predicted molar refractivity (Wildman–Crippen MR) is 255 cm³/mol. The SMILES string of the molecule is C=Cc1ccccc1-c1csc(C2CCN(C(Cc3cc(C(F)(F)F)ccc3Cl)C(=O)C(Cc3cc(C(F)(F)F)ccc3Cl)N3CCC(c4nc(-c5ccccc5C=C)cs4)CC3)CC2)n1. The Balaban J connectivity index is 1.10. The number of nitrogens with zero attached hydrogens (tertiary/aromatic N) is 4. The topological polar surface area (TPSA) is 49.3 Å². The first-order chi connectivity index (χ1) is 31.6.